The number of nitrogens with zero attached hydrogens (tertiary/aromatic N) is 3. The molecule has 1 aromatic rings. The molecule has 31 heavy (non-hydrogen) atoms. The van der Waals surface area contributed by atoms with E-state index in [0.717, 1.165) is 30.2 Å². The minimum atomic E-state index is -2.96. The third-order valence-corrected chi connectivity index (χ3v) is 6.01. The van der Waals surface area contributed by atoms with Gasteiger partial charge in [0.2, 0.25) is 0 Å². The van der Waals surface area contributed by atoms with Gasteiger partial charge < -0.3 is 15.8 Å². The first kappa shape index (κ1) is 21.0. The van der Waals surface area contributed by atoms with Gasteiger partial charge in [0.15, 0.2) is 5.54 Å². The molecule has 0 aromatic carbocycles. The number of hydrogen-bond acceptors (Lipinski definition) is 6. The molecule has 1 fully saturated rings. The average Bonchev–Trinajstić information content (AvgIpc) is 3.42. The Bertz CT molecular complexity index is 1060. The zero-order chi connectivity index (χ0) is 22.3. The minimum absolute atomic E-state index is 0.0711. The highest BCUT2D eigenvalue weighted by Gasteiger charge is 2.64. The summed E-state index contributed by atoms with van der Waals surface area (Å²) in [5.41, 5.74) is 6.04. The smallest absolute Gasteiger partial charge is 0.283 e. The lowest BCUT2D eigenvalue weighted by Gasteiger charge is -2.33. The molecular weight excluding hydrogens is 407 g/mol. The lowest BCUT2D eigenvalue weighted by atomic mass is 9.84. The van der Waals surface area contributed by atoms with E-state index in [4.69, 9.17) is 15.7 Å². The first-order chi connectivity index (χ1) is 14.8. The number of ether oxygens (including phenoxy) is 1. The molecule has 3 aliphatic rings. The van der Waals surface area contributed by atoms with E-state index in [9.17, 15) is 13.2 Å². The number of nitrogens with two attached hydrogens (primary N) is 1. The molecule has 1 saturated carbocycles. The van der Waals surface area contributed by atoms with E-state index < -0.39 is 35.4 Å². The van der Waals surface area contributed by atoms with E-state index in [1.54, 1.807) is 6.92 Å². The van der Waals surface area contributed by atoms with Gasteiger partial charge in [-0.15, -0.1) is 0 Å². The van der Waals surface area contributed by atoms with Gasteiger partial charge >= 0.3 is 0 Å². The maximum atomic E-state index is 14.9. The van der Waals surface area contributed by atoms with Gasteiger partial charge in [-0.2, -0.15) is 5.26 Å². The number of halogens is 3. The fourth-order valence-corrected chi connectivity index (χ4v) is 4.33. The van der Waals surface area contributed by atoms with Crippen LogP contribution in [0.25, 0.3) is 0 Å². The van der Waals surface area contributed by atoms with Crippen LogP contribution in [0.4, 0.5) is 13.2 Å². The highest BCUT2D eigenvalue weighted by Crippen LogP contribution is 2.54. The molecule has 1 aromatic heterocycles. The second kappa shape index (κ2) is 7.76. The molecule has 6 nitrogen and oxygen atoms in total. The van der Waals surface area contributed by atoms with Crippen molar-refractivity contribution < 1.29 is 17.9 Å². The van der Waals surface area contributed by atoms with E-state index in [0.29, 0.717) is 17.7 Å². The molecule has 3 N–H and O–H groups in total. The SMILES string of the molecule is C=C(/C(F)=C\C=C(/C)N[C@@H]1CCc2cc(C#N)cnc21)[C@@]1(C(F)F)N=C(N)O[C@@H]2C[C@@H]21. The van der Waals surface area contributed by atoms with Crippen LogP contribution in [0.3, 0.4) is 0 Å². The number of pyridine rings is 1. The quantitative estimate of drug-likeness (QED) is 0.674. The fraction of sp³-hybridized carbons (Fsp3) is 0.409. The van der Waals surface area contributed by atoms with Gasteiger partial charge in [-0.05, 0) is 50.0 Å². The molecule has 2 heterocycles. The number of aliphatic imine (C=N–C) groups is 1. The van der Waals surface area contributed by atoms with Crippen LogP contribution >= 0.6 is 0 Å². The Morgan fingerprint density at radius 3 is 2.97 bits per heavy atom. The van der Waals surface area contributed by atoms with Crippen molar-refractivity contribution in [3.8, 4) is 6.07 Å². The maximum absolute atomic E-state index is 14.9. The highest BCUT2D eigenvalue weighted by molar-refractivity contribution is 5.75. The second-order valence-corrected chi connectivity index (χ2v) is 8.03. The van der Waals surface area contributed by atoms with E-state index in [1.807, 2.05) is 6.07 Å². The molecule has 1 aliphatic heterocycles. The molecular formula is C22H22F3N5O. The second-order valence-electron chi connectivity index (χ2n) is 8.03. The number of amidine groups is 1. The fourth-order valence-electron chi connectivity index (χ4n) is 4.33. The Kier molecular flexibility index (Phi) is 5.25. The third-order valence-electron chi connectivity index (χ3n) is 6.01. The number of hydrogen-bond donors (Lipinski definition) is 2. The number of alkyl halides is 2. The molecule has 0 radical (unpaired) electrons. The van der Waals surface area contributed by atoms with Gasteiger partial charge in [0, 0.05) is 23.4 Å². The molecule has 162 valence electrons. The van der Waals surface area contributed by atoms with Gasteiger partial charge in [-0.25, -0.2) is 18.2 Å². The van der Waals surface area contributed by atoms with E-state index >= 15 is 0 Å². The van der Waals surface area contributed by atoms with Crippen molar-refractivity contribution in [3.63, 3.8) is 0 Å². The van der Waals surface area contributed by atoms with Gasteiger partial charge in [-0.3, -0.25) is 4.98 Å². The first-order valence-electron chi connectivity index (χ1n) is 9.95. The van der Waals surface area contributed by atoms with Gasteiger partial charge in [0.1, 0.15) is 18.0 Å². The molecule has 0 saturated heterocycles. The summed E-state index contributed by atoms with van der Waals surface area (Å²) in [6, 6.07) is 3.45. The molecule has 0 spiro atoms. The lowest BCUT2D eigenvalue weighted by Crippen LogP contribution is -2.46. The van der Waals surface area contributed by atoms with Crippen molar-refractivity contribution in [2.24, 2.45) is 16.6 Å². The molecule has 9 heteroatoms. The zero-order valence-electron chi connectivity index (χ0n) is 16.9. The van der Waals surface area contributed by atoms with Crippen LogP contribution in [-0.4, -0.2) is 29.1 Å². The lowest BCUT2D eigenvalue weighted by molar-refractivity contribution is 0.0424. The van der Waals surface area contributed by atoms with E-state index in [-0.39, 0.29) is 12.1 Å². The van der Waals surface area contributed by atoms with Crippen LogP contribution in [0.15, 0.2) is 53.1 Å². The Labute approximate surface area is 178 Å². The number of fused-ring (bicyclic) bond motifs is 2. The molecule has 2 aliphatic carbocycles. The molecule has 4 atom stereocenters. The van der Waals surface area contributed by atoms with Crippen LogP contribution in [0.5, 0.6) is 0 Å². The summed E-state index contributed by atoms with van der Waals surface area (Å²) in [5.74, 6) is -1.52. The molecule has 0 bridgehead atoms. The number of aryl methyl sites for hydroxylation is 1. The van der Waals surface area contributed by atoms with Crippen molar-refractivity contribution in [1.29, 1.82) is 5.26 Å². The van der Waals surface area contributed by atoms with E-state index in [2.05, 4.69) is 27.9 Å². The van der Waals surface area contributed by atoms with Crippen molar-refractivity contribution >= 4 is 6.02 Å². The summed E-state index contributed by atoms with van der Waals surface area (Å²) < 4.78 is 48.0. The van der Waals surface area contributed by atoms with Crippen molar-refractivity contribution in [1.82, 2.24) is 10.3 Å². The van der Waals surface area contributed by atoms with Gasteiger partial charge in [-0.1, -0.05) is 6.58 Å². The first-order valence-corrected chi connectivity index (χ1v) is 9.95. The predicted octanol–water partition coefficient (Wildman–Crippen LogP) is 3.58. The average molecular weight is 429 g/mol. The van der Waals surface area contributed by atoms with Crippen LogP contribution in [-0.2, 0) is 11.2 Å². The summed E-state index contributed by atoms with van der Waals surface area (Å²) in [6.45, 7) is 5.33. The number of nitrogens with one attached hydrogen (secondary N) is 1. The molecule has 0 amide bonds. The maximum Gasteiger partial charge on any atom is 0.283 e. The highest BCUT2D eigenvalue weighted by atomic mass is 19.3. The largest absolute Gasteiger partial charge is 0.462 e. The summed E-state index contributed by atoms with van der Waals surface area (Å²) in [7, 11) is 0. The Morgan fingerprint density at radius 2 is 2.26 bits per heavy atom. The number of nitriles is 1. The van der Waals surface area contributed by atoms with Crippen LogP contribution in [0.1, 0.15) is 42.6 Å². The number of allylic oxidation sites excluding steroid dienone is 3. The Hall–Kier alpha value is -3.28. The summed E-state index contributed by atoms with van der Waals surface area (Å²) in [4.78, 5) is 8.14. The topological polar surface area (TPSA) is 96.3 Å². The Balaban J connectivity index is 1.50. The third kappa shape index (κ3) is 3.67. The zero-order valence-corrected chi connectivity index (χ0v) is 16.9. The van der Waals surface area contributed by atoms with Crippen molar-refractivity contribution in [2.75, 3.05) is 0 Å². The van der Waals surface area contributed by atoms with Crippen molar-refractivity contribution in [2.45, 2.75) is 50.3 Å². The van der Waals surface area contributed by atoms with Gasteiger partial charge in [0.05, 0.1) is 17.3 Å². The number of rotatable bonds is 6. The summed E-state index contributed by atoms with van der Waals surface area (Å²) >= 11 is 0. The van der Waals surface area contributed by atoms with Gasteiger partial charge in [0.25, 0.3) is 12.4 Å². The summed E-state index contributed by atoms with van der Waals surface area (Å²) in [5, 5.41) is 12.3. The van der Waals surface area contributed by atoms with Crippen LogP contribution < -0.4 is 11.1 Å². The monoisotopic (exact) mass is 429 g/mol. The standard InChI is InChI=1S/C22H22F3N5O/c1-11(29-17-6-4-14-7-13(9-26)10-28-19(14)17)3-5-16(23)12(2)22(20(24)25)15-8-18(15)31-21(27)30-22/h3,5,7,10,15,17-18,20,29H,2,4,6,8H2,1H3,(H2,27,30)/b11-3+,16-5+/t15-,17+,18+,22+/m0/s1. The van der Waals surface area contributed by atoms with Crippen molar-refractivity contribution in [3.05, 3.63) is 64.9 Å². The van der Waals surface area contributed by atoms with Crippen LogP contribution in [0.2, 0.25) is 0 Å². The Morgan fingerprint density at radius 1 is 1.48 bits per heavy atom. The molecule has 0 unspecified atom stereocenters. The normalized spacial score (nSPS) is 29.4. The minimum Gasteiger partial charge on any atom is -0.462 e. The molecule has 4 rings (SSSR count). The predicted molar refractivity (Wildman–Crippen MR) is 109 cm³/mol. The van der Waals surface area contributed by atoms with Crippen LogP contribution in [0, 0.1) is 17.2 Å². The number of aromatic nitrogens is 1. The van der Waals surface area contributed by atoms with E-state index in [1.165, 1.54) is 12.3 Å². The summed E-state index contributed by atoms with van der Waals surface area (Å²) in [6.07, 6.45) is 2.56.